The summed E-state index contributed by atoms with van der Waals surface area (Å²) in [5, 5.41) is 5.09. The van der Waals surface area contributed by atoms with Gasteiger partial charge in [0, 0.05) is 15.9 Å². The van der Waals surface area contributed by atoms with Crippen LogP contribution >= 0.6 is 27.3 Å². The summed E-state index contributed by atoms with van der Waals surface area (Å²) < 4.78 is 0.822. The summed E-state index contributed by atoms with van der Waals surface area (Å²) in [5.74, 6) is -0.0472. The molecule has 0 aliphatic heterocycles. The molecule has 21 heavy (non-hydrogen) atoms. The summed E-state index contributed by atoms with van der Waals surface area (Å²) in [6.07, 6.45) is 0. The Kier molecular flexibility index (Phi) is 5.56. The Bertz CT molecular complexity index is 611. The number of amides is 1. The number of thiophene rings is 1. The Morgan fingerprint density at radius 3 is 2.76 bits per heavy atom. The summed E-state index contributed by atoms with van der Waals surface area (Å²) in [7, 11) is 4.05. The molecule has 2 aromatic rings. The van der Waals surface area contributed by atoms with Gasteiger partial charge >= 0.3 is 0 Å². The van der Waals surface area contributed by atoms with Crippen LogP contribution in [0.5, 0.6) is 0 Å². The van der Waals surface area contributed by atoms with Crippen molar-refractivity contribution in [3.8, 4) is 0 Å². The van der Waals surface area contributed by atoms with E-state index in [1.54, 1.807) is 11.3 Å². The number of rotatable bonds is 5. The number of halogens is 1. The zero-order valence-corrected chi connectivity index (χ0v) is 14.8. The van der Waals surface area contributed by atoms with E-state index in [0.717, 1.165) is 10.0 Å². The molecule has 0 radical (unpaired) electrons. The van der Waals surface area contributed by atoms with Crippen LogP contribution in [0.25, 0.3) is 0 Å². The molecule has 0 saturated carbocycles. The first kappa shape index (κ1) is 16.2. The van der Waals surface area contributed by atoms with Gasteiger partial charge in [-0.15, -0.1) is 11.3 Å². The van der Waals surface area contributed by atoms with Crippen molar-refractivity contribution in [1.82, 2.24) is 10.2 Å². The highest BCUT2D eigenvalue weighted by Crippen LogP contribution is 2.23. The number of carbonyl (C=O) groups is 1. The van der Waals surface area contributed by atoms with E-state index in [0.29, 0.717) is 12.1 Å². The van der Waals surface area contributed by atoms with Crippen molar-refractivity contribution >= 4 is 33.2 Å². The summed E-state index contributed by atoms with van der Waals surface area (Å²) in [5.41, 5.74) is 1.75. The number of hydrogen-bond donors (Lipinski definition) is 1. The predicted molar refractivity (Wildman–Crippen MR) is 92.0 cm³/mol. The van der Waals surface area contributed by atoms with Gasteiger partial charge in [-0.2, -0.15) is 0 Å². The minimum Gasteiger partial charge on any atom is -0.350 e. The molecule has 3 nitrogen and oxygen atoms in total. The molecule has 0 bridgehead atoms. The normalized spacial score (nSPS) is 12.4. The summed E-state index contributed by atoms with van der Waals surface area (Å²) in [4.78, 5) is 15.7. The quantitative estimate of drug-likeness (QED) is 0.871. The minimum atomic E-state index is -0.0472. The fraction of sp³-hybridized carbons (Fsp3) is 0.312. The highest BCUT2D eigenvalue weighted by Gasteiger charge is 2.17. The summed E-state index contributed by atoms with van der Waals surface area (Å²) >= 11 is 5.15. The number of nitrogens with one attached hydrogen (secondary N) is 1. The van der Waals surface area contributed by atoms with Crippen LogP contribution in [0.15, 0.2) is 40.2 Å². The van der Waals surface area contributed by atoms with Gasteiger partial charge in [0.1, 0.15) is 0 Å². The molecule has 0 saturated heterocycles. The molecule has 112 valence electrons. The third kappa shape index (κ3) is 4.15. The van der Waals surface area contributed by atoms with E-state index in [1.165, 1.54) is 4.88 Å². The molecule has 5 heteroatoms. The molecule has 1 amide bonds. The molecule has 1 atom stereocenters. The maximum absolute atomic E-state index is 12.4. The highest BCUT2D eigenvalue weighted by atomic mass is 79.9. The molecule has 1 unspecified atom stereocenters. The Morgan fingerprint density at radius 1 is 1.38 bits per heavy atom. The highest BCUT2D eigenvalue weighted by molar-refractivity contribution is 9.10. The van der Waals surface area contributed by atoms with Crippen molar-refractivity contribution in [3.63, 3.8) is 0 Å². The topological polar surface area (TPSA) is 32.3 Å². The number of benzene rings is 1. The number of aryl methyl sites for hydroxylation is 1. The lowest BCUT2D eigenvalue weighted by Crippen LogP contribution is -2.34. The molecule has 0 spiro atoms. The van der Waals surface area contributed by atoms with Gasteiger partial charge in [0.2, 0.25) is 0 Å². The van der Waals surface area contributed by atoms with Crippen LogP contribution in [0.2, 0.25) is 0 Å². The van der Waals surface area contributed by atoms with E-state index in [9.17, 15) is 4.79 Å². The fourth-order valence-electron chi connectivity index (χ4n) is 2.12. The third-order valence-electron chi connectivity index (χ3n) is 3.32. The Balaban J connectivity index is 2.07. The third-order valence-corrected chi connectivity index (χ3v) is 4.98. The van der Waals surface area contributed by atoms with Gasteiger partial charge in [-0.1, -0.05) is 17.7 Å². The Labute approximate surface area is 138 Å². The lowest BCUT2D eigenvalue weighted by Gasteiger charge is -2.23. The molecule has 0 fully saturated rings. The number of nitrogens with zero attached hydrogens (tertiary/aromatic N) is 1. The zero-order chi connectivity index (χ0) is 15.4. The van der Waals surface area contributed by atoms with E-state index < -0.39 is 0 Å². The maximum Gasteiger partial charge on any atom is 0.252 e. The van der Waals surface area contributed by atoms with Gasteiger partial charge in [-0.25, -0.2) is 0 Å². The molecular weight excluding hydrogens is 348 g/mol. The molecule has 1 heterocycles. The van der Waals surface area contributed by atoms with Gasteiger partial charge in [-0.05, 0) is 60.5 Å². The minimum absolute atomic E-state index is 0.0472. The van der Waals surface area contributed by atoms with Crippen LogP contribution in [0.3, 0.4) is 0 Å². The molecular formula is C16H19BrN2OS. The number of carbonyl (C=O) groups excluding carboxylic acids is 1. The first-order valence-corrected chi connectivity index (χ1v) is 8.40. The van der Waals surface area contributed by atoms with Crippen molar-refractivity contribution in [2.75, 3.05) is 20.6 Å². The molecule has 1 aromatic heterocycles. The lowest BCUT2D eigenvalue weighted by atomic mass is 10.1. The van der Waals surface area contributed by atoms with Crippen LogP contribution in [-0.2, 0) is 0 Å². The van der Waals surface area contributed by atoms with Gasteiger partial charge in [0.15, 0.2) is 0 Å². The van der Waals surface area contributed by atoms with Gasteiger partial charge in [0.05, 0.1) is 11.6 Å². The van der Waals surface area contributed by atoms with Crippen LogP contribution in [-0.4, -0.2) is 31.4 Å². The van der Waals surface area contributed by atoms with E-state index in [4.69, 9.17) is 0 Å². The average Bonchev–Trinajstić information content (AvgIpc) is 2.95. The van der Waals surface area contributed by atoms with Crippen molar-refractivity contribution in [3.05, 3.63) is 56.2 Å². The van der Waals surface area contributed by atoms with Gasteiger partial charge < -0.3 is 10.2 Å². The van der Waals surface area contributed by atoms with E-state index in [2.05, 4.69) is 37.6 Å². The number of hydrogen-bond acceptors (Lipinski definition) is 3. The largest absolute Gasteiger partial charge is 0.350 e. The van der Waals surface area contributed by atoms with Crippen LogP contribution in [0.1, 0.15) is 26.8 Å². The first-order valence-electron chi connectivity index (χ1n) is 6.73. The predicted octanol–water partition coefficient (Wildman–Crippen LogP) is 3.85. The van der Waals surface area contributed by atoms with Crippen LogP contribution in [0, 0.1) is 6.92 Å². The standard InChI is InChI=1S/C16H19BrN2OS/c1-11-6-7-13(17)12(9-11)16(20)18-10-14(19(2)3)15-5-4-8-21-15/h4-9,14H,10H2,1-3H3,(H,18,20). The molecule has 0 aliphatic rings. The Hall–Kier alpha value is -1.17. The molecule has 2 rings (SSSR count). The van der Waals surface area contributed by atoms with E-state index in [1.807, 2.05) is 45.3 Å². The second-order valence-corrected chi connectivity index (χ2v) is 7.02. The van der Waals surface area contributed by atoms with Crippen molar-refractivity contribution in [2.24, 2.45) is 0 Å². The SMILES string of the molecule is Cc1ccc(Br)c(C(=O)NCC(c2cccs2)N(C)C)c1. The zero-order valence-electron chi connectivity index (χ0n) is 12.4. The maximum atomic E-state index is 12.4. The summed E-state index contributed by atoms with van der Waals surface area (Å²) in [6.45, 7) is 2.57. The van der Waals surface area contributed by atoms with Gasteiger partial charge in [0.25, 0.3) is 5.91 Å². The molecule has 0 aliphatic carbocycles. The van der Waals surface area contributed by atoms with E-state index >= 15 is 0 Å². The fourth-order valence-corrected chi connectivity index (χ4v) is 3.47. The van der Waals surface area contributed by atoms with Crippen molar-refractivity contribution < 1.29 is 4.79 Å². The van der Waals surface area contributed by atoms with Crippen LogP contribution in [0.4, 0.5) is 0 Å². The molecule has 1 aromatic carbocycles. The average molecular weight is 367 g/mol. The monoisotopic (exact) mass is 366 g/mol. The Morgan fingerprint density at radius 2 is 2.14 bits per heavy atom. The summed E-state index contributed by atoms with van der Waals surface area (Å²) in [6, 6.07) is 10.1. The smallest absolute Gasteiger partial charge is 0.252 e. The number of likely N-dealkylation sites (N-methyl/N-ethyl adjacent to an activating group) is 1. The van der Waals surface area contributed by atoms with Crippen LogP contribution < -0.4 is 5.32 Å². The van der Waals surface area contributed by atoms with Crippen molar-refractivity contribution in [1.29, 1.82) is 0 Å². The second-order valence-electron chi connectivity index (χ2n) is 5.19. The first-order chi connectivity index (χ1) is 9.99. The molecule has 1 N–H and O–H groups in total. The second kappa shape index (κ2) is 7.20. The lowest BCUT2D eigenvalue weighted by molar-refractivity contribution is 0.0941. The van der Waals surface area contributed by atoms with Gasteiger partial charge in [-0.3, -0.25) is 4.79 Å². The van der Waals surface area contributed by atoms with E-state index in [-0.39, 0.29) is 11.9 Å². The van der Waals surface area contributed by atoms with Crippen molar-refractivity contribution in [2.45, 2.75) is 13.0 Å².